The largest absolute Gasteiger partial charge is 0.461 e. The van der Waals surface area contributed by atoms with Crippen molar-refractivity contribution >= 4 is 16.1 Å². The van der Waals surface area contributed by atoms with E-state index >= 15 is 0 Å². The number of carbonyl (C=O) groups is 1. The second-order valence-electron chi connectivity index (χ2n) is 4.01. The zero-order chi connectivity index (χ0) is 14.3. The van der Waals surface area contributed by atoms with Gasteiger partial charge in [0.1, 0.15) is 10.9 Å². The quantitative estimate of drug-likeness (QED) is 0.406. The van der Waals surface area contributed by atoms with Crippen LogP contribution in [0.1, 0.15) is 26.7 Å². The zero-order valence-electron chi connectivity index (χ0n) is 11.0. The Hall–Kier alpha value is -1.08. The maximum atomic E-state index is 11.5. The van der Waals surface area contributed by atoms with Crippen LogP contribution in [-0.2, 0) is 19.6 Å². The van der Waals surface area contributed by atoms with Crippen LogP contribution in [0.15, 0.2) is 12.3 Å². The minimum absolute atomic E-state index is 0.00457. The van der Waals surface area contributed by atoms with Crippen molar-refractivity contribution in [2.24, 2.45) is 0 Å². The fraction of sp³-hybridized carbons (Fsp3) is 0.727. The molecule has 0 aliphatic carbocycles. The SMILES string of the molecule is C=C(C(=O)OCCC)N(C)CC(CC)S(=O)(=O)O. The topological polar surface area (TPSA) is 83.9 Å². The molecule has 0 heterocycles. The molecule has 0 radical (unpaired) electrons. The molecule has 6 nitrogen and oxygen atoms in total. The number of carbonyl (C=O) groups excluding carboxylic acids is 1. The van der Waals surface area contributed by atoms with Crippen molar-refractivity contribution in [3.63, 3.8) is 0 Å². The van der Waals surface area contributed by atoms with Gasteiger partial charge in [-0.1, -0.05) is 20.4 Å². The van der Waals surface area contributed by atoms with Crippen LogP contribution in [0.2, 0.25) is 0 Å². The van der Waals surface area contributed by atoms with Gasteiger partial charge < -0.3 is 9.64 Å². The Morgan fingerprint density at radius 1 is 1.44 bits per heavy atom. The summed E-state index contributed by atoms with van der Waals surface area (Å²) in [5.41, 5.74) is 0.0746. The van der Waals surface area contributed by atoms with Crippen molar-refractivity contribution in [1.29, 1.82) is 0 Å². The fourth-order valence-corrected chi connectivity index (χ4v) is 2.12. The van der Waals surface area contributed by atoms with Gasteiger partial charge in [0.15, 0.2) is 0 Å². The van der Waals surface area contributed by atoms with Crippen molar-refractivity contribution in [2.45, 2.75) is 31.9 Å². The first-order valence-corrected chi connectivity index (χ1v) is 7.27. The molecule has 0 aromatic carbocycles. The van der Waals surface area contributed by atoms with E-state index in [1.165, 1.54) is 11.9 Å². The molecule has 7 heteroatoms. The third kappa shape index (κ3) is 5.50. The highest BCUT2D eigenvalue weighted by Crippen LogP contribution is 2.10. The summed E-state index contributed by atoms with van der Waals surface area (Å²) in [6.45, 7) is 7.35. The molecule has 0 amide bonds. The van der Waals surface area contributed by atoms with Crippen LogP contribution in [0.5, 0.6) is 0 Å². The van der Waals surface area contributed by atoms with Gasteiger partial charge >= 0.3 is 5.97 Å². The molecule has 0 rings (SSSR count). The molecule has 0 saturated heterocycles. The van der Waals surface area contributed by atoms with Gasteiger partial charge in [0.05, 0.1) is 6.61 Å². The van der Waals surface area contributed by atoms with Gasteiger partial charge in [0.2, 0.25) is 0 Å². The summed E-state index contributed by atoms with van der Waals surface area (Å²) < 4.78 is 36.0. The van der Waals surface area contributed by atoms with E-state index in [0.29, 0.717) is 13.0 Å². The fourth-order valence-electron chi connectivity index (χ4n) is 1.28. The van der Waals surface area contributed by atoms with E-state index in [2.05, 4.69) is 6.58 Å². The number of nitrogens with zero attached hydrogens (tertiary/aromatic N) is 1. The van der Waals surface area contributed by atoms with E-state index in [4.69, 9.17) is 9.29 Å². The van der Waals surface area contributed by atoms with E-state index in [9.17, 15) is 13.2 Å². The van der Waals surface area contributed by atoms with Crippen molar-refractivity contribution in [3.8, 4) is 0 Å². The Morgan fingerprint density at radius 2 is 2.00 bits per heavy atom. The minimum atomic E-state index is -4.12. The summed E-state index contributed by atoms with van der Waals surface area (Å²) >= 11 is 0. The van der Waals surface area contributed by atoms with Crippen LogP contribution in [0.4, 0.5) is 0 Å². The van der Waals surface area contributed by atoms with Gasteiger partial charge in [-0.05, 0) is 12.8 Å². The third-order valence-corrected chi connectivity index (χ3v) is 3.81. The van der Waals surface area contributed by atoms with E-state index in [1.54, 1.807) is 6.92 Å². The number of rotatable bonds is 8. The summed E-state index contributed by atoms with van der Waals surface area (Å²) in [5, 5.41) is -0.946. The molecule has 0 aliphatic heterocycles. The average molecular weight is 279 g/mol. The Bertz CT molecular complexity index is 390. The molecule has 1 N–H and O–H groups in total. The van der Waals surface area contributed by atoms with Crippen LogP contribution in [0, 0.1) is 0 Å². The second-order valence-corrected chi connectivity index (χ2v) is 5.70. The highest BCUT2D eigenvalue weighted by atomic mass is 32.2. The molecular formula is C11H21NO5S. The first-order valence-electron chi connectivity index (χ1n) is 5.77. The molecule has 0 aromatic rings. The molecule has 1 atom stereocenters. The lowest BCUT2D eigenvalue weighted by molar-refractivity contribution is -0.140. The lowest BCUT2D eigenvalue weighted by Crippen LogP contribution is -2.35. The minimum Gasteiger partial charge on any atom is -0.461 e. The van der Waals surface area contributed by atoms with Gasteiger partial charge in [0.25, 0.3) is 10.1 Å². The molecule has 0 aromatic heterocycles. The smallest absolute Gasteiger partial charge is 0.353 e. The zero-order valence-corrected chi connectivity index (χ0v) is 11.9. The van der Waals surface area contributed by atoms with Crippen LogP contribution in [-0.4, -0.2) is 49.3 Å². The number of ether oxygens (including phenoxy) is 1. The van der Waals surface area contributed by atoms with E-state index in [0.717, 1.165) is 0 Å². The van der Waals surface area contributed by atoms with Crippen LogP contribution in [0.3, 0.4) is 0 Å². The van der Waals surface area contributed by atoms with E-state index in [-0.39, 0.29) is 18.7 Å². The Labute approximate surface area is 108 Å². The number of likely N-dealkylation sites (N-methyl/N-ethyl adjacent to an activating group) is 1. The normalized spacial score (nSPS) is 12.9. The maximum Gasteiger partial charge on any atom is 0.353 e. The summed E-state index contributed by atoms with van der Waals surface area (Å²) in [7, 11) is -2.59. The Kier molecular flexibility index (Phi) is 6.93. The first kappa shape index (κ1) is 16.9. The molecule has 1 unspecified atom stereocenters. The number of hydrogen-bond donors (Lipinski definition) is 1. The predicted molar refractivity (Wildman–Crippen MR) is 68.6 cm³/mol. The maximum absolute atomic E-state index is 11.5. The summed E-state index contributed by atoms with van der Waals surface area (Å²) in [6.07, 6.45) is 0.950. The molecule has 18 heavy (non-hydrogen) atoms. The third-order valence-electron chi connectivity index (χ3n) is 2.49. The van der Waals surface area contributed by atoms with E-state index < -0.39 is 21.3 Å². The predicted octanol–water partition coefficient (Wildman–Crippen LogP) is 1.05. The summed E-state index contributed by atoms with van der Waals surface area (Å²) in [6, 6.07) is 0. The van der Waals surface area contributed by atoms with Gasteiger partial charge in [-0.25, -0.2) is 4.79 Å². The van der Waals surface area contributed by atoms with Crippen LogP contribution >= 0.6 is 0 Å². The number of esters is 1. The highest BCUT2D eigenvalue weighted by molar-refractivity contribution is 7.86. The summed E-state index contributed by atoms with van der Waals surface area (Å²) in [4.78, 5) is 12.9. The first-order chi connectivity index (χ1) is 8.23. The molecule has 0 aliphatic rings. The van der Waals surface area contributed by atoms with Crippen molar-refractivity contribution in [1.82, 2.24) is 4.90 Å². The van der Waals surface area contributed by atoms with E-state index in [1.807, 2.05) is 6.92 Å². The van der Waals surface area contributed by atoms with Gasteiger partial charge in [0, 0.05) is 13.6 Å². The molecule has 0 fully saturated rings. The summed E-state index contributed by atoms with van der Waals surface area (Å²) in [5.74, 6) is -0.579. The molecular weight excluding hydrogens is 258 g/mol. The monoisotopic (exact) mass is 279 g/mol. The van der Waals surface area contributed by atoms with Crippen LogP contribution in [0.25, 0.3) is 0 Å². The molecule has 0 spiro atoms. The number of hydrogen-bond acceptors (Lipinski definition) is 5. The molecule has 0 bridgehead atoms. The Morgan fingerprint density at radius 3 is 2.39 bits per heavy atom. The van der Waals surface area contributed by atoms with Gasteiger partial charge in [-0.3, -0.25) is 4.55 Å². The Balaban J connectivity index is 4.52. The van der Waals surface area contributed by atoms with Gasteiger partial charge in [-0.15, -0.1) is 0 Å². The average Bonchev–Trinajstić information content (AvgIpc) is 2.29. The molecule has 0 saturated carbocycles. The highest BCUT2D eigenvalue weighted by Gasteiger charge is 2.24. The van der Waals surface area contributed by atoms with Crippen LogP contribution < -0.4 is 0 Å². The molecule has 106 valence electrons. The van der Waals surface area contributed by atoms with Crippen molar-refractivity contribution in [3.05, 3.63) is 12.3 Å². The lowest BCUT2D eigenvalue weighted by atomic mass is 10.3. The van der Waals surface area contributed by atoms with Crippen molar-refractivity contribution in [2.75, 3.05) is 20.2 Å². The lowest BCUT2D eigenvalue weighted by Gasteiger charge is -2.23. The van der Waals surface area contributed by atoms with Crippen molar-refractivity contribution < 1.29 is 22.5 Å². The second kappa shape index (κ2) is 7.38. The standard InChI is InChI=1S/C11H21NO5S/c1-5-7-17-11(13)9(3)12(4)8-10(6-2)18(14,15)16/h10H,3,5-8H2,1-2,4H3,(H,14,15,16). The van der Waals surface area contributed by atoms with Gasteiger partial charge in [-0.2, -0.15) is 8.42 Å².